The lowest BCUT2D eigenvalue weighted by atomic mass is 10.3. The SMILES string of the molecule is COc1nn(C)cc1C(=O)N(C)CC(=O)NCc1cccs1. The molecule has 2 heterocycles. The van der Waals surface area contributed by atoms with E-state index in [0.29, 0.717) is 12.1 Å². The van der Waals surface area contributed by atoms with E-state index in [2.05, 4.69) is 10.4 Å². The quantitative estimate of drug-likeness (QED) is 0.856. The molecule has 2 aromatic rings. The number of methoxy groups -OCH3 is 1. The van der Waals surface area contributed by atoms with E-state index >= 15 is 0 Å². The van der Waals surface area contributed by atoms with Gasteiger partial charge in [-0.15, -0.1) is 16.4 Å². The first-order chi connectivity index (χ1) is 10.5. The zero-order valence-electron chi connectivity index (χ0n) is 12.7. The van der Waals surface area contributed by atoms with Gasteiger partial charge in [-0.2, -0.15) is 0 Å². The number of thiophene rings is 1. The number of amides is 2. The van der Waals surface area contributed by atoms with Crippen molar-refractivity contribution in [3.05, 3.63) is 34.2 Å². The highest BCUT2D eigenvalue weighted by Crippen LogP contribution is 2.16. The molecule has 1 N–H and O–H groups in total. The van der Waals surface area contributed by atoms with Gasteiger partial charge in [-0.05, 0) is 11.4 Å². The van der Waals surface area contributed by atoms with Crippen LogP contribution >= 0.6 is 11.3 Å². The fourth-order valence-electron chi connectivity index (χ4n) is 1.91. The first-order valence-corrected chi connectivity index (χ1v) is 7.51. The topological polar surface area (TPSA) is 76.5 Å². The van der Waals surface area contributed by atoms with Gasteiger partial charge in [0.05, 0.1) is 20.2 Å². The number of ether oxygens (including phenoxy) is 1. The van der Waals surface area contributed by atoms with E-state index in [1.54, 1.807) is 31.6 Å². The number of carbonyl (C=O) groups excluding carboxylic acids is 2. The minimum absolute atomic E-state index is 0.0255. The van der Waals surface area contributed by atoms with E-state index in [4.69, 9.17) is 4.74 Å². The first kappa shape index (κ1) is 16.0. The molecule has 0 atom stereocenters. The van der Waals surface area contributed by atoms with Gasteiger partial charge >= 0.3 is 0 Å². The van der Waals surface area contributed by atoms with Crippen molar-refractivity contribution in [1.29, 1.82) is 0 Å². The minimum Gasteiger partial charge on any atom is -0.479 e. The summed E-state index contributed by atoms with van der Waals surface area (Å²) in [6, 6.07) is 3.87. The molecule has 0 saturated heterocycles. The summed E-state index contributed by atoms with van der Waals surface area (Å²) in [4.78, 5) is 26.6. The Morgan fingerprint density at radius 3 is 2.91 bits per heavy atom. The molecule has 22 heavy (non-hydrogen) atoms. The third-order valence-corrected chi connectivity index (χ3v) is 3.86. The summed E-state index contributed by atoms with van der Waals surface area (Å²) < 4.78 is 6.56. The monoisotopic (exact) mass is 322 g/mol. The van der Waals surface area contributed by atoms with Crippen LogP contribution in [0.15, 0.2) is 23.7 Å². The highest BCUT2D eigenvalue weighted by Gasteiger charge is 2.21. The van der Waals surface area contributed by atoms with E-state index in [-0.39, 0.29) is 24.2 Å². The summed E-state index contributed by atoms with van der Waals surface area (Å²) in [5.74, 6) is -0.276. The molecule has 0 radical (unpaired) electrons. The number of likely N-dealkylation sites (N-methyl/N-ethyl adjacent to an activating group) is 1. The van der Waals surface area contributed by atoms with Gasteiger partial charge in [0.2, 0.25) is 11.8 Å². The fourth-order valence-corrected chi connectivity index (χ4v) is 2.56. The number of nitrogens with zero attached hydrogens (tertiary/aromatic N) is 3. The number of nitrogens with one attached hydrogen (secondary N) is 1. The van der Waals surface area contributed by atoms with Gasteiger partial charge in [0.15, 0.2) is 0 Å². The highest BCUT2D eigenvalue weighted by atomic mass is 32.1. The molecular formula is C14H18N4O3S. The van der Waals surface area contributed by atoms with Crippen LogP contribution in [0, 0.1) is 0 Å². The maximum absolute atomic E-state index is 12.3. The lowest BCUT2D eigenvalue weighted by molar-refractivity contribution is -0.121. The van der Waals surface area contributed by atoms with Crippen LogP contribution in [0.1, 0.15) is 15.2 Å². The molecule has 0 aromatic carbocycles. The normalized spacial score (nSPS) is 10.3. The Morgan fingerprint density at radius 2 is 2.27 bits per heavy atom. The molecule has 8 heteroatoms. The summed E-state index contributed by atoms with van der Waals surface area (Å²) in [6.07, 6.45) is 1.57. The maximum Gasteiger partial charge on any atom is 0.261 e. The molecule has 0 unspecified atom stereocenters. The Kier molecular flexibility index (Phi) is 5.16. The second-order valence-corrected chi connectivity index (χ2v) is 5.78. The zero-order valence-corrected chi connectivity index (χ0v) is 13.5. The lowest BCUT2D eigenvalue weighted by Crippen LogP contribution is -2.38. The van der Waals surface area contributed by atoms with Crippen molar-refractivity contribution in [1.82, 2.24) is 20.0 Å². The molecule has 0 aliphatic rings. The highest BCUT2D eigenvalue weighted by molar-refractivity contribution is 7.09. The second-order valence-electron chi connectivity index (χ2n) is 4.74. The smallest absolute Gasteiger partial charge is 0.261 e. The van der Waals surface area contributed by atoms with E-state index < -0.39 is 0 Å². The molecule has 0 bridgehead atoms. The Labute approximate surface area is 132 Å². The van der Waals surface area contributed by atoms with Crippen molar-refractivity contribution in [3.63, 3.8) is 0 Å². The molecule has 0 aliphatic carbocycles. The number of hydrogen-bond acceptors (Lipinski definition) is 5. The van der Waals surface area contributed by atoms with Gasteiger partial charge < -0.3 is 15.0 Å². The Morgan fingerprint density at radius 1 is 1.50 bits per heavy atom. The van der Waals surface area contributed by atoms with Crippen LogP contribution in [0.5, 0.6) is 5.88 Å². The Bertz CT molecular complexity index is 651. The molecule has 7 nitrogen and oxygen atoms in total. The van der Waals surface area contributed by atoms with Crippen LogP contribution in [0.2, 0.25) is 0 Å². The van der Waals surface area contributed by atoms with Crippen molar-refractivity contribution >= 4 is 23.2 Å². The number of hydrogen-bond donors (Lipinski definition) is 1. The standard InChI is InChI=1S/C14H18N4O3S/c1-17(9-12(19)15-7-10-5-4-6-22-10)14(20)11-8-18(2)16-13(11)21-3/h4-6,8H,7,9H2,1-3H3,(H,15,19). The minimum atomic E-state index is -0.309. The van der Waals surface area contributed by atoms with E-state index in [1.807, 2.05) is 17.5 Å². The van der Waals surface area contributed by atoms with E-state index in [1.165, 1.54) is 16.7 Å². The second kappa shape index (κ2) is 7.08. The first-order valence-electron chi connectivity index (χ1n) is 6.63. The fraction of sp³-hybridized carbons (Fsp3) is 0.357. The third-order valence-electron chi connectivity index (χ3n) is 2.99. The van der Waals surface area contributed by atoms with Crippen molar-refractivity contribution in [2.75, 3.05) is 20.7 Å². The molecule has 118 valence electrons. The van der Waals surface area contributed by atoms with Gasteiger partial charge in [0.1, 0.15) is 5.56 Å². The van der Waals surface area contributed by atoms with E-state index in [9.17, 15) is 9.59 Å². The number of rotatable bonds is 6. The average molecular weight is 322 g/mol. The van der Waals surface area contributed by atoms with Crippen LogP contribution in [-0.2, 0) is 18.4 Å². The van der Waals surface area contributed by atoms with Gasteiger partial charge in [0.25, 0.3) is 5.91 Å². The van der Waals surface area contributed by atoms with Crippen LogP contribution in [0.3, 0.4) is 0 Å². The van der Waals surface area contributed by atoms with Gasteiger partial charge in [-0.25, -0.2) is 0 Å². The Hall–Kier alpha value is -2.35. The number of aryl methyl sites for hydroxylation is 1. The molecule has 0 spiro atoms. The average Bonchev–Trinajstić information content (AvgIpc) is 3.13. The predicted molar refractivity (Wildman–Crippen MR) is 82.9 cm³/mol. The molecule has 2 amide bonds. The summed E-state index contributed by atoms with van der Waals surface area (Å²) >= 11 is 1.57. The summed E-state index contributed by atoms with van der Waals surface area (Å²) in [7, 11) is 4.72. The molecule has 0 saturated carbocycles. The van der Waals surface area contributed by atoms with Crippen LogP contribution in [0.4, 0.5) is 0 Å². The third kappa shape index (κ3) is 3.85. The number of carbonyl (C=O) groups is 2. The predicted octanol–water partition coefficient (Wildman–Crippen LogP) is 0.879. The van der Waals surface area contributed by atoms with Crippen molar-refractivity contribution in [3.8, 4) is 5.88 Å². The maximum atomic E-state index is 12.3. The van der Waals surface area contributed by atoms with Crippen LogP contribution in [0.25, 0.3) is 0 Å². The summed E-state index contributed by atoms with van der Waals surface area (Å²) in [5, 5.41) is 8.76. The lowest BCUT2D eigenvalue weighted by Gasteiger charge is -2.16. The summed E-state index contributed by atoms with van der Waals surface area (Å²) in [5.41, 5.74) is 0.332. The van der Waals surface area contributed by atoms with Crippen molar-refractivity contribution in [2.24, 2.45) is 7.05 Å². The molecule has 0 aliphatic heterocycles. The molecule has 2 rings (SSSR count). The van der Waals surface area contributed by atoms with Crippen molar-refractivity contribution < 1.29 is 14.3 Å². The van der Waals surface area contributed by atoms with Gasteiger partial charge in [0, 0.05) is 25.2 Å². The van der Waals surface area contributed by atoms with Gasteiger partial charge in [-0.3, -0.25) is 14.3 Å². The Balaban J connectivity index is 1.91. The molecular weight excluding hydrogens is 304 g/mol. The largest absolute Gasteiger partial charge is 0.479 e. The number of aromatic nitrogens is 2. The molecule has 2 aromatic heterocycles. The van der Waals surface area contributed by atoms with Crippen LogP contribution < -0.4 is 10.1 Å². The zero-order chi connectivity index (χ0) is 16.1. The van der Waals surface area contributed by atoms with Crippen LogP contribution in [-0.4, -0.2) is 47.2 Å². The van der Waals surface area contributed by atoms with Gasteiger partial charge in [-0.1, -0.05) is 6.07 Å². The van der Waals surface area contributed by atoms with E-state index in [0.717, 1.165) is 4.88 Å². The summed E-state index contributed by atoms with van der Waals surface area (Å²) in [6.45, 7) is 0.441. The molecule has 0 fully saturated rings. The van der Waals surface area contributed by atoms with Crippen molar-refractivity contribution in [2.45, 2.75) is 6.54 Å².